The van der Waals surface area contributed by atoms with Crippen LogP contribution in [0.4, 0.5) is 5.69 Å². The minimum atomic E-state index is 0.213. The largest absolute Gasteiger partial charge is 0.399 e. The van der Waals surface area contributed by atoms with Crippen LogP contribution in [0.1, 0.15) is 43.5 Å². The lowest BCUT2D eigenvalue weighted by molar-refractivity contribution is 0.0837. The third kappa shape index (κ3) is 2.68. The molecule has 2 nitrogen and oxygen atoms in total. The molecule has 1 aromatic carbocycles. The van der Waals surface area contributed by atoms with Gasteiger partial charge in [0.05, 0.1) is 0 Å². The van der Waals surface area contributed by atoms with Crippen LogP contribution in [0.5, 0.6) is 0 Å². The van der Waals surface area contributed by atoms with Gasteiger partial charge in [-0.2, -0.15) is 0 Å². The maximum atomic E-state index is 12.3. The molecule has 92 valence electrons. The van der Waals surface area contributed by atoms with Crippen LogP contribution < -0.4 is 5.73 Å². The minimum Gasteiger partial charge on any atom is -0.399 e. The van der Waals surface area contributed by atoms with Crippen LogP contribution in [0.2, 0.25) is 0 Å². The third-order valence-corrected chi connectivity index (χ3v) is 4.16. The van der Waals surface area contributed by atoms with Crippen LogP contribution >= 0.6 is 0 Å². The Morgan fingerprint density at radius 2 is 1.76 bits per heavy atom. The summed E-state index contributed by atoms with van der Waals surface area (Å²) in [7, 11) is 0. The molecular weight excluding hydrogens is 210 g/mol. The monoisotopic (exact) mass is 231 g/mol. The van der Waals surface area contributed by atoms with Gasteiger partial charge in [0, 0.05) is 17.2 Å². The van der Waals surface area contributed by atoms with Crippen molar-refractivity contribution < 1.29 is 4.79 Å². The molecule has 2 N–H and O–H groups in total. The van der Waals surface area contributed by atoms with Crippen molar-refractivity contribution >= 4 is 11.5 Å². The summed E-state index contributed by atoms with van der Waals surface area (Å²) < 4.78 is 0. The average molecular weight is 231 g/mol. The molecule has 1 aliphatic rings. The van der Waals surface area contributed by atoms with Gasteiger partial charge in [-0.25, -0.2) is 0 Å². The quantitative estimate of drug-likeness (QED) is 0.625. The summed E-state index contributed by atoms with van der Waals surface area (Å²) in [5.41, 5.74) is 7.16. The minimum absolute atomic E-state index is 0.213. The number of nitrogen functional groups attached to an aromatic ring is 1. The molecular formula is C15H21NO. The second-order valence-corrected chi connectivity index (χ2v) is 5.45. The summed E-state index contributed by atoms with van der Waals surface area (Å²) in [6.45, 7) is 4.54. The fraction of sp³-hybridized carbons (Fsp3) is 0.533. The highest BCUT2D eigenvalue weighted by Crippen LogP contribution is 2.35. The Balaban J connectivity index is 2.08. The van der Waals surface area contributed by atoms with Gasteiger partial charge in [0.15, 0.2) is 5.78 Å². The SMILES string of the molecule is CC1CCC(C(=O)c2ccc(N)cc2)CC1C. The Morgan fingerprint density at radius 1 is 1.12 bits per heavy atom. The molecule has 3 atom stereocenters. The molecule has 0 spiro atoms. The fourth-order valence-electron chi connectivity index (χ4n) is 2.67. The van der Waals surface area contributed by atoms with Gasteiger partial charge in [-0.3, -0.25) is 4.79 Å². The molecule has 0 radical (unpaired) electrons. The van der Waals surface area contributed by atoms with Crippen molar-refractivity contribution in [2.75, 3.05) is 5.73 Å². The van der Waals surface area contributed by atoms with Crippen molar-refractivity contribution in [2.45, 2.75) is 33.1 Å². The van der Waals surface area contributed by atoms with Crippen LogP contribution in [-0.4, -0.2) is 5.78 Å². The zero-order valence-electron chi connectivity index (χ0n) is 10.6. The van der Waals surface area contributed by atoms with E-state index in [1.165, 1.54) is 6.42 Å². The summed E-state index contributed by atoms with van der Waals surface area (Å²) in [4.78, 5) is 12.3. The third-order valence-electron chi connectivity index (χ3n) is 4.16. The molecule has 3 unspecified atom stereocenters. The highest BCUT2D eigenvalue weighted by Gasteiger charge is 2.29. The zero-order valence-corrected chi connectivity index (χ0v) is 10.6. The Labute approximate surface area is 103 Å². The summed E-state index contributed by atoms with van der Waals surface area (Å²) >= 11 is 0. The Hall–Kier alpha value is -1.31. The van der Waals surface area contributed by atoms with E-state index in [0.717, 1.165) is 24.3 Å². The van der Waals surface area contributed by atoms with Crippen molar-refractivity contribution in [2.24, 2.45) is 17.8 Å². The van der Waals surface area contributed by atoms with Crippen molar-refractivity contribution in [3.63, 3.8) is 0 Å². The second-order valence-electron chi connectivity index (χ2n) is 5.45. The summed E-state index contributed by atoms with van der Waals surface area (Å²) in [6, 6.07) is 7.31. The molecule has 0 bridgehead atoms. The number of ketones is 1. The number of carbonyl (C=O) groups is 1. The zero-order chi connectivity index (χ0) is 12.4. The van der Waals surface area contributed by atoms with E-state index in [1.54, 1.807) is 0 Å². The lowest BCUT2D eigenvalue weighted by Crippen LogP contribution is -2.26. The number of hydrogen-bond acceptors (Lipinski definition) is 2. The molecule has 1 aromatic rings. The molecule has 2 rings (SSSR count). The normalized spacial score (nSPS) is 28.9. The van der Waals surface area contributed by atoms with Gasteiger partial charge in [0.25, 0.3) is 0 Å². The Bertz CT molecular complexity index is 396. The van der Waals surface area contributed by atoms with E-state index in [0.29, 0.717) is 17.4 Å². The van der Waals surface area contributed by atoms with E-state index in [-0.39, 0.29) is 5.92 Å². The lowest BCUT2D eigenvalue weighted by Gasteiger charge is -2.31. The molecule has 1 aliphatic carbocycles. The summed E-state index contributed by atoms with van der Waals surface area (Å²) in [5.74, 6) is 1.92. The second kappa shape index (κ2) is 4.91. The summed E-state index contributed by atoms with van der Waals surface area (Å²) in [5, 5.41) is 0. The van der Waals surface area contributed by atoms with E-state index in [9.17, 15) is 4.79 Å². The van der Waals surface area contributed by atoms with E-state index >= 15 is 0 Å². The first-order valence-corrected chi connectivity index (χ1v) is 6.47. The summed E-state index contributed by atoms with van der Waals surface area (Å²) in [6.07, 6.45) is 3.24. The number of nitrogens with two attached hydrogens (primary N) is 1. The van der Waals surface area contributed by atoms with Gasteiger partial charge in [0.2, 0.25) is 0 Å². The molecule has 0 aliphatic heterocycles. The number of carbonyl (C=O) groups excluding carboxylic acids is 1. The van der Waals surface area contributed by atoms with Crippen molar-refractivity contribution in [3.8, 4) is 0 Å². The van der Waals surface area contributed by atoms with Crippen molar-refractivity contribution in [3.05, 3.63) is 29.8 Å². The van der Waals surface area contributed by atoms with Gasteiger partial charge in [-0.15, -0.1) is 0 Å². The highest BCUT2D eigenvalue weighted by atomic mass is 16.1. The van der Waals surface area contributed by atoms with E-state index in [2.05, 4.69) is 13.8 Å². The van der Waals surface area contributed by atoms with Gasteiger partial charge < -0.3 is 5.73 Å². The number of rotatable bonds is 2. The van der Waals surface area contributed by atoms with Crippen LogP contribution in [0.25, 0.3) is 0 Å². The molecule has 0 aromatic heterocycles. The average Bonchev–Trinajstić information content (AvgIpc) is 2.33. The predicted molar refractivity (Wildman–Crippen MR) is 70.9 cm³/mol. The molecule has 1 saturated carbocycles. The van der Waals surface area contributed by atoms with Crippen molar-refractivity contribution in [1.29, 1.82) is 0 Å². The van der Waals surface area contributed by atoms with Crippen LogP contribution in [0.15, 0.2) is 24.3 Å². The molecule has 0 heterocycles. The highest BCUT2D eigenvalue weighted by molar-refractivity contribution is 5.98. The van der Waals surface area contributed by atoms with E-state index < -0.39 is 0 Å². The van der Waals surface area contributed by atoms with E-state index in [1.807, 2.05) is 24.3 Å². The van der Waals surface area contributed by atoms with Gasteiger partial charge in [-0.05, 0) is 55.4 Å². The maximum absolute atomic E-state index is 12.3. The Kier molecular flexibility index (Phi) is 3.51. The number of anilines is 1. The molecule has 2 heteroatoms. The van der Waals surface area contributed by atoms with E-state index in [4.69, 9.17) is 5.73 Å². The topological polar surface area (TPSA) is 43.1 Å². The van der Waals surface area contributed by atoms with Crippen molar-refractivity contribution in [1.82, 2.24) is 0 Å². The van der Waals surface area contributed by atoms with Crippen LogP contribution in [0.3, 0.4) is 0 Å². The number of benzene rings is 1. The van der Waals surface area contributed by atoms with Gasteiger partial charge in [0.1, 0.15) is 0 Å². The fourth-order valence-corrected chi connectivity index (χ4v) is 2.67. The first-order chi connectivity index (χ1) is 8.08. The molecule has 0 amide bonds. The van der Waals surface area contributed by atoms with Crippen LogP contribution in [0, 0.1) is 17.8 Å². The Morgan fingerprint density at radius 3 is 2.35 bits per heavy atom. The number of Topliss-reactive ketones (excluding diaryl/α,β-unsaturated/α-hetero) is 1. The first-order valence-electron chi connectivity index (χ1n) is 6.47. The molecule has 1 fully saturated rings. The standard InChI is InChI=1S/C15H21NO/c1-10-3-4-13(9-11(10)2)15(17)12-5-7-14(16)8-6-12/h5-8,10-11,13H,3-4,9,16H2,1-2H3. The molecule has 0 saturated heterocycles. The molecule has 17 heavy (non-hydrogen) atoms. The maximum Gasteiger partial charge on any atom is 0.165 e. The number of hydrogen-bond donors (Lipinski definition) is 1. The first kappa shape index (κ1) is 12.2. The van der Waals surface area contributed by atoms with Gasteiger partial charge in [-0.1, -0.05) is 13.8 Å². The lowest BCUT2D eigenvalue weighted by atomic mass is 9.73. The van der Waals surface area contributed by atoms with Crippen LogP contribution in [-0.2, 0) is 0 Å². The van der Waals surface area contributed by atoms with Gasteiger partial charge >= 0.3 is 0 Å². The smallest absolute Gasteiger partial charge is 0.165 e. The predicted octanol–water partition coefficient (Wildman–Crippen LogP) is 3.52.